The molecule has 2 heterocycles. The van der Waals surface area contributed by atoms with Gasteiger partial charge in [-0.2, -0.15) is 0 Å². The minimum atomic E-state index is 0.234. The summed E-state index contributed by atoms with van der Waals surface area (Å²) in [6.45, 7) is 17.1. The molecule has 0 aromatic heterocycles. The molecular formula is C20H41N5O. The number of hydrogen-bond acceptors (Lipinski definition) is 4. The quantitative estimate of drug-likeness (QED) is 0.456. The van der Waals surface area contributed by atoms with E-state index in [9.17, 15) is 0 Å². The fraction of sp³-hybridized carbons (Fsp3) is 0.950. The van der Waals surface area contributed by atoms with Gasteiger partial charge in [-0.15, -0.1) is 0 Å². The third kappa shape index (κ3) is 7.05. The predicted molar refractivity (Wildman–Crippen MR) is 110 cm³/mol. The normalized spacial score (nSPS) is 25.3. The second-order valence-electron chi connectivity index (χ2n) is 7.68. The smallest absolute Gasteiger partial charge is 0.191 e. The second-order valence-corrected chi connectivity index (χ2v) is 7.68. The number of aliphatic imine (C=N–C) groups is 1. The van der Waals surface area contributed by atoms with Gasteiger partial charge < -0.3 is 20.3 Å². The van der Waals surface area contributed by atoms with Gasteiger partial charge in [0.15, 0.2) is 5.96 Å². The van der Waals surface area contributed by atoms with Crippen molar-refractivity contribution in [3.63, 3.8) is 0 Å². The Morgan fingerprint density at radius 2 is 2.12 bits per heavy atom. The Morgan fingerprint density at radius 1 is 1.31 bits per heavy atom. The topological polar surface area (TPSA) is 52.1 Å². The third-order valence-corrected chi connectivity index (χ3v) is 5.65. The maximum atomic E-state index is 6.03. The van der Waals surface area contributed by atoms with E-state index in [2.05, 4.69) is 48.1 Å². The zero-order valence-corrected chi connectivity index (χ0v) is 17.5. The Kier molecular flexibility index (Phi) is 9.72. The predicted octanol–water partition coefficient (Wildman–Crippen LogP) is 1.92. The van der Waals surface area contributed by atoms with Gasteiger partial charge in [-0.1, -0.05) is 13.8 Å². The maximum absolute atomic E-state index is 6.03. The van der Waals surface area contributed by atoms with Gasteiger partial charge in [-0.25, -0.2) is 0 Å². The monoisotopic (exact) mass is 367 g/mol. The summed E-state index contributed by atoms with van der Waals surface area (Å²) in [6, 6.07) is 1.09. The molecule has 3 unspecified atom stereocenters. The van der Waals surface area contributed by atoms with Crippen LogP contribution in [-0.2, 0) is 4.74 Å². The van der Waals surface area contributed by atoms with E-state index < -0.39 is 0 Å². The molecule has 0 saturated carbocycles. The number of rotatable bonds is 10. The lowest BCUT2D eigenvalue weighted by Gasteiger charge is -2.34. The molecule has 0 spiro atoms. The number of hydrogen-bond donors (Lipinski definition) is 2. The zero-order chi connectivity index (χ0) is 18.8. The summed E-state index contributed by atoms with van der Waals surface area (Å²) < 4.78 is 6.03. The average Bonchev–Trinajstić information content (AvgIpc) is 3.11. The number of nitrogens with one attached hydrogen (secondary N) is 2. The van der Waals surface area contributed by atoms with E-state index in [4.69, 9.17) is 9.73 Å². The Labute approximate surface area is 160 Å². The van der Waals surface area contributed by atoms with Crippen LogP contribution in [0.1, 0.15) is 53.4 Å². The number of nitrogens with zero attached hydrogens (tertiary/aromatic N) is 3. The molecule has 26 heavy (non-hydrogen) atoms. The molecule has 152 valence electrons. The average molecular weight is 368 g/mol. The largest absolute Gasteiger partial charge is 0.373 e. The molecule has 6 nitrogen and oxygen atoms in total. The van der Waals surface area contributed by atoms with Gasteiger partial charge in [-0.3, -0.25) is 9.89 Å². The summed E-state index contributed by atoms with van der Waals surface area (Å²) in [6.07, 6.45) is 5.23. The SMILES string of the molecule is CCNC(=NCC1CN2CCCC2CO1)NC(C)CCCN(CC)CC. The molecular weight excluding hydrogens is 326 g/mol. The van der Waals surface area contributed by atoms with Crippen LogP contribution < -0.4 is 10.6 Å². The molecule has 2 aliphatic rings. The molecule has 3 atom stereocenters. The molecule has 2 aliphatic heterocycles. The van der Waals surface area contributed by atoms with Crippen molar-refractivity contribution in [1.82, 2.24) is 20.4 Å². The van der Waals surface area contributed by atoms with Crippen LogP contribution in [0, 0.1) is 0 Å². The van der Waals surface area contributed by atoms with Crippen molar-refractivity contribution in [3.05, 3.63) is 0 Å². The van der Waals surface area contributed by atoms with E-state index in [1.54, 1.807) is 0 Å². The van der Waals surface area contributed by atoms with E-state index in [1.807, 2.05) is 0 Å². The number of fused-ring (bicyclic) bond motifs is 1. The van der Waals surface area contributed by atoms with Gasteiger partial charge >= 0.3 is 0 Å². The van der Waals surface area contributed by atoms with Crippen LogP contribution in [0.15, 0.2) is 4.99 Å². The van der Waals surface area contributed by atoms with Crippen LogP contribution in [0.25, 0.3) is 0 Å². The summed E-state index contributed by atoms with van der Waals surface area (Å²) in [5.74, 6) is 0.926. The van der Waals surface area contributed by atoms with Crippen LogP contribution in [0.3, 0.4) is 0 Å². The number of ether oxygens (including phenoxy) is 1. The van der Waals surface area contributed by atoms with Gasteiger partial charge in [0.25, 0.3) is 0 Å². The highest BCUT2D eigenvalue weighted by molar-refractivity contribution is 5.80. The molecule has 0 bridgehead atoms. The lowest BCUT2D eigenvalue weighted by molar-refractivity contribution is -0.0432. The van der Waals surface area contributed by atoms with Crippen molar-refractivity contribution in [1.29, 1.82) is 0 Å². The van der Waals surface area contributed by atoms with Crippen molar-refractivity contribution in [3.8, 4) is 0 Å². The van der Waals surface area contributed by atoms with Crippen molar-refractivity contribution in [2.45, 2.75) is 71.6 Å². The van der Waals surface area contributed by atoms with E-state index >= 15 is 0 Å². The molecule has 0 aromatic rings. The van der Waals surface area contributed by atoms with Crippen LogP contribution >= 0.6 is 0 Å². The van der Waals surface area contributed by atoms with Gasteiger partial charge in [-0.05, 0) is 65.7 Å². The zero-order valence-electron chi connectivity index (χ0n) is 17.5. The molecule has 2 N–H and O–H groups in total. The van der Waals surface area contributed by atoms with Crippen LogP contribution in [0.4, 0.5) is 0 Å². The molecule has 0 aliphatic carbocycles. The Morgan fingerprint density at radius 3 is 2.85 bits per heavy atom. The minimum absolute atomic E-state index is 0.234. The molecule has 0 radical (unpaired) electrons. The van der Waals surface area contributed by atoms with Gasteiger partial charge in [0.2, 0.25) is 0 Å². The fourth-order valence-corrected chi connectivity index (χ4v) is 3.98. The third-order valence-electron chi connectivity index (χ3n) is 5.65. The Bertz CT molecular complexity index is 413. The van der Waals surface area contributed by atoms with E-state index in [0.717, 1.165) is 51.7 Å². The fourth-order valence-electron chi connectivity index (χ4n) is 3.98. The first kappa shape index (κ1) is 21.5. The van der Waals surface area contributed by atoms with E-state index in [-0.39, 0.29) is 6.10 Å². The van der Waals surface area contributed by atoms with E-state index in [0.29, 0.717) is 12.1 Å². The molecule has 2 saturated heterocycles. The summed E-state index contributed by atoms with van der Waals surface area (Å²) in [7, 11) is 0. The van der Waals surface area contributed by atoms with Crippen LogP contribution in [0.2, 0.25) is 0 Å². The highest BCUT2D eigenvalue weighted by atomic mass is 16.5. The van der Waals surface area contributed by atoms with Gasteiger partial charge in [0.1, 0.15) is 0 Å². The molecule has 0 amide bonds. The van der Waals surface area contributed by atoms with Gasteiger partial charge in [0.05, 0.1) is 19.3 Å². The first-order valence-corrected chi connectivity index (χ1v) is 10.8. The molecule has 0 aromatic carbocycles. The minimum Gasteiger partial charge on any atom is -0.373 e. The Hall–Kier alpha value is -0.850. The molecule has 2 rings (SSSR count). The summed E-state index contributed by atoms with van der Waals surface area (Å²) >= 11 is 0. The first-order chi connectivity index (χ1) is 12.7. The summed E-state index contributed by atoms with van der Waals surface area (Å²) in [5, 5.41) is 6.95. The van der Waals surface area contributed by atoms with Crippen molar-refractivity contribution >= 4 is 5.96 Å². The lowest BCUT2D eigenvalue weighted by Crippen LogP contribution is -2.48. The molecule has 2 fully saturated rings. The number of guanidine groups is 1. The Balaban J connectivity index is 1.73. The summed E-state index contributed by atoms with van der Waals surface area (Å²) in [5.41, 5.74) is 0. The molecule has 6 heteroatoms. The van der Waals surface area contributed by atoms with Gasteiger partial charge in [0, 0.05) is 25.2 Å². The highest BCUT2D eigenvalue weighted by Crippen LogP contribution is 2.22. The van der Waals surface area contributed by atoms with Crippen molar-refractivity contribution < 1.29 is 4.74 Å². The highest BCUT2D eigenvalue weighted by Gasteiger charge is 2.32. The van der Waals surface area contributed by atoms with Crippen LogP contribution in [-0.4, -0.2) is 86.4 Å². The second kappa shape index (κ2) is 11.8. The lowest BCUT2D eigenvalue weighted by atomic mass is 10.2. The van der Waals surface area contributed by atoms with Crippen molar-refractivity contribution in [2.24, 2.45) is 4.99 Å². The summed E-state index contributed by atoms with van der Waals surface area (Å²) in [4.78, 5) is 9.87. The standard InChI is InChI=1S/C20H41N5O/c1-5-21-20(23-17(4)10-8-12-24(6-2)7-3)22-14-19-15-25-13-9-11-18(25)16-26-19/h17-19H,5-16H2,1-4H3,(H2,21,22,23). The van der Waals surface area contributed by atoms with Crippen molar-refractivity contribution in [2.75, 3.05) is 52.4 Å². The van der Waals surface area contributed by atoms with E-state index in [1.165, 1.54) is 32.4 Å². The maximum Gasteiger partial charge on any atom is 0.191 e. The number of morpholine rings is 1. The first-order valence-electron chi connectivity index (χ1n) is 10.8. The van der Waals surface area contributed by atoms with Crippen LogP contribution in [0.5, 0.6) is 0 Å².